The van der Waals surface area contributed by atoms with Crippen molar-refractivity contribution in [2.45, 2.75) is 3.92 Å². The van der Waals surface area contributed by atoms with Crippen LogP contribution < -0.4 is 10.4 Å². The van der Waals surface area contributed by atoms with Gasteiger partial charge in [0.25, 0.3) is 15.3 Å². The van der Waals surface area contributed by atoms with Gasteiger partial charge in [-0.25, -0.2) is 4.79 Å². The van der Waals surface area contributed by atoms with E-state index < -0.39 is 36.9 Å². The van der Waals surface area contributed by atoms with Crippen molar-refractivity contribution in [3.05, 3.63) is 38.4 Å². The zero-order valence-corrected chi connectivity index (χ0v) is 12.0. The van der Waals surface area contributed by atoms with Crippen molar-refractivity contribution < 1.29 is 19.8 Å². The van der Waals surface area contributed by atoms with E-state index in [0.717, 1.165) is 12.1 Å². The van der Waals surface area contributed by atoms with Gasteiger partial charge in [0, 0.05) is 12.1 Å². The Morgan fingerprint density at radius 3 is 1.90 bits per heavy atom. The minimum atomic E-state index is -2.25. The number of carbonyl (C=O) groups excluding carboxylic acids is 1. The number of nitro groups is 2. The third kappa shape index (κ3) is 4.86. The summed E-state index contributed by atoms with van der Waals surface area (Å²) in [7, 11) is 0. The van der Waals surface area contributed by atoms with E-state index in [9.17, 15) is 30.2 Å². The summed E-state index contributed by atoms with van der Waals surface area (Å²) < 4.78 is -2.25. The van der Waals surface area contributed by atoms with E-state index in [4.69, 9.17) is 34.8 Å². The van der Waals surface area contributed by atoms with Gasteiger partial charge in [-0.2, -0.15) is 5.06 Å². The quantitative estimate of drug-likeness (QED) is 0.280. The highest BCUT2D eigenvalue weighted by Gasteiger charge is 2.28. The van der Waals surface area contributed by atoms with Crippen LogP contribution in [0.4, 0.5) is 21.9 Å². The van der Waals surface area contributed by atoms with Crippen LogP contribution in [0, 0.1) is 20.2 Å². The summed E-state index contributed by atoms with van der Waals surface area (Å²) in [5, 5.41) is 32.4. The van der Waals surface area contributed by atoms with Crippen molar-refractivity contribution >= 4 is 57.9 Å². The van der Waals surface area contributed by atoms with E-state index in [1.165, 1.54) is 0 Å². The largest absolute Gasteiger partial charge is 0.349 e. The number of hydrogen-bond acceptors (Lipinski definition) is 6. The number of hydrogen-bond donors (Lipinski definition) is 2. The standard InChI is InChI=1S/C8H5Cl3N4O6/c9-8(10,11)12-7(16)13(17)4-1-5(14(18)19)3-6(2-4)15(20)21/h1-3,17H,(H,12,16). The number of non-ortho nitro benzene ring substituents is 2. The second kappa shape index (κ2) is 6.26. The number of anilines is 1. The molecule has 0 saturated heterocycles. The van der Waals surface area contributed by atoms with Gasteiger partial charge in [-0.05, 0) is 0 Å². The molecule has 0 aliphatic heterocycles. The van der Waals surface area contributed by atoms with Crippen LogP contribution in [0.1, 0.15) is 0 Å². The first-order valence-corrected chi connectivity index (χ1v) is 5.96. The summed E-state index contributed by atoms with van der Waals surface area (Å²) in [5.41, 5.74) is -1.97. The van der Waals surface area contributed by atoms with Crippen LogP contribution in [0.3, 0.4) is 0 Å². The van der Waals surface area contributed by atoms with Gasteiger partial charge >= 0.3 is 6.03 Å². The molecule has 0 unspecified atom stereocenters. The molecule has 0 aliphatic rings. The lowest BCUT2D eigenvalue weighted by molar-refractivity contribution is -0.394. The second-order valence-corrected chi connectivity index (χ2v) is 5.74. The molecule has 1 aromatic carbocycles. The fourth-order valence-electron chi connectivity index (χ4n) is 1.20. The molecule has 0 aromatic heterocycles. The van der Waals surface area contributed by atoms with Crippen LogP contribution in [0.5, 0.6) is 0 Å². The first-order valence-electron chi connectivity index (χ1n) is 4.83. The number of alkyl halides is 3. The second-order valence-electron chi connectivity index (χ2n) is 3.46. The molecule has 0 fully saturated rings. The van der Waals surface area contributed by atoms with Gasteiger partial charge in [0.15, 0.2) is 0 Å². The number of rotatable bonds is 3. The predicted octanol–water partition coefficient (Wildman–Crippen LogP) is 2.74. The highest BCUT2D eigenvalue weighted by molar-refractivity contribution is 6.67. The predicted molar refractivity (Wildman–Crippen MR) is 72.8 cm³/mol. The summed E-state index contributed by atoms with van der Waals surface area (Å²) in [6, 6.07) is 0.755. The fourth-order valence-corrected chi connectivity index (χ4v) is 1.45. The molecule has 0 spiro atoms. The number of nitro benzene ring substituents is 2. The smallest absolute Gasteiger partial charge is 0.291 e. The van der Waals surface area contributed by atoms with Crippen molar-refractivity contribution in [1.29, 1.82) is 0 Å². The molecule has 0 heterocycles. The molecule has 0 saturated carbocycles. The minimum absolute atomic E-state index is 0.165. The van der Waals surface area contributed by atoms with Crippen molar-refractivity contribution in [2.24, 2.45) is 0 Å². The third-order valence-electron chi connectivity index (χ3n) is 1.99. The lowest BCUT2D eigenvalue weighted by Crippen LogP contribution is -2.43. The van der Waals surface area contributed by atoms with Crippen LogP contribution in [-0.4, -0.2) is 25.0 Å². The first-order chi connectivity index (χ1) is 9.51. The molecule has 10 nitrogen and oxygen atoms in total. The molecule has 1 rings (SSSR count). The molecule has 114 valence electrons. The molecule has 0 aliphatic carbocycles. The van der Waals surface area contributed by atoms with E-state index >= 15 is 0 Å². The molecule has 13 heteroatoms. The van der Waals surface area contributed by atoms with E-state index in [2.05, 4.69) is 0 Å². The Balaban J connectivity index is 3.19. The monoisotopic (exact) mass is 358 g/mol. The Bertz CT molecular complexity index is 572. The van der Waals surface area contributed by atoms with Gasteiger partial charge in [-0.3, -0.25) is 30.8 Å². The molecule has 21 heavy (non-hydrogen) atoms. The Morgan fingerprint density at radius 2 is 1.57 bits per heavy atom. The number of urea groups is 1. The minimum Gasteiger partial charge on any atom is -0.291 e. The average molecular weight is 360 g/mol. The maximum Gasteiger partial charge on any atom is 0.349 e. The van der Waals surface area contributed by atoms with Crippen LogP contribution >= 0.6 is 34.8 Å². The molecule has 1 aromatic rings. The highest BCUT2D eigenvalue weighted by Crippen LogP contribution is 2.28. The summed E-state index contributed by atoms with van der Waals surface area (Å²) in [6.45, 7) is 0. The van der Waals surface area contributed by atoms with Crippen molar-refractivity contribution in [2.75, 3.05) is 5.06 Å². The van der Waals surface area contributed by atoms with E-state index in [-0.39, 0.29) is 5.06 Å². The molecular weight excluding hydrogens is 354 g/mol. The maximum absolute atomic E-state index is 11.5. The van der Waals surface area contributed by atoms with Crippen molar-refractivity contribution in [3.63, 3.8) is 0 Å². The molecule has 0 atom stereocenters. The van der Waals surface area contributed by atoms with Crippen LogP contribution in [0.25, 0.3) is 0 Å². The number of hydroxylamine groups is 1. The van der Waals surface area contributed by atoms with E-state index in [0.29, 0.717) is 6.07 Å². The Labute approximate surface area is 131 Å². The Kier molecular flexibility index (Phi) is 5.12. The fraction of sp³-hybridized carbons (Fsp3) is 0.125. The molecule has 2 amide bonds. The van der Waals surface area contributed by atoms with Gasteiger partial charge in [0.05, 0.1) is 21.6 Å². The zero-order valence-electron chi connectivity index (χ0n) is 9.70. The van der Waals surface area contributed by atoms with Gasteiger partial charge < -0.3 is 0 Å². The summed E-state index contributed by atoms with van der Waals surface area (Å²) >= 11 is 15.8. The molecular formula is C8H5Cl3N4O6. The van der Waals surface area contributed by atoms with E-state index in [1.807, 2.05) is 0 Å². The number of benzene rings is 1. The van der Waals surface area contributed by atoms with Crippen LogP contribution in [0.15, 0.2) is 18.2 Å². The first kappa shape index (κ1) is 17.2. The summed E-state index contributed by atoms with van der Waals surface area (Å²) in [6.07, 6.45) is 0. The molecule has 2 N–H and O–H groups in total. The number of nitrogens with zero attached hydrogens (tertiary/aromatic N) is 3. The lowest BCUT2D eigenvalue weighted by Gasteiger charge is -2.19. The van der Waals surface area contributed by atoms with Gasteiger partial charge in [-0.15, -0.1) is 0 Å². The number of carbonyl (C=O) groups is 1. The zero-order chi connectivity index (χ0) is 16.4. The van der Waals surface area contributed by atoms with Gasteiger partial charge in [0.1, 0.15) is 0 Å². The van der Waals surface area contributed by atoms with Crippen molar-refractivity contribution in [3.8, 4) is 0 Å². The van der Waals surface area contributed by atoms with Crippen LogP contribution in [0.2, 0.25) is 0 Å². The van der Waals surface area contributed by atoms with Gasteiger partial charge in [-0.1, -0.05) is 34.8 Å². The Hall–Kier alpha value is -1.88. The number of nitrogens with one attached hydrogen (secondary N) is 1. The Morgan fingerprint density at radius 1 is 1.14 bits per heavy atom. The maximum atomic E-state index is 11.5. The van der Waals surface area contributed by atoms with E-state index in [1.54, 1.807) is 5.32 Å². The SMILES string of the molecule is O=C(NC(Cl)(Cl)Cl)N(O)c1cc([N+](=O)[O-])cc([N+](=O)[O-])c1. The average Bonchev–Trinajstić information content (AvgIpc) is 2.35. The lowest BCUT2D eigenvalue weighted by atomic mass is 10.2. The number of amides is 2. The van der Waals surface area contributed by atoms with Crippen molar-refractivity contribution in [1.82, 2.24) is 5.32 Å². The topological polar surface area (TPSA) is 139 Å². The molecule has 0 radical (unpaired) electrons. The third-order valence-corrected chi connectivity index (χ3v) is 2.28. The normalized spacial score (nSPS) is 10.9. The molecule has 0 bridgehead atoms. The van der Waals surface area contributed by atoms with Crippen LogP contribution in [-0.2, 0) is 0 Å². The summed E-state index contributed by atoms with van der Waals surface area (Å²) in [4.78, 5) is 31.0. The van der Waals surface area contributed by atoms with Gasteiger partial charge in [0.2, 0.25) is 0 Å². The summed E-state index contributed by atoms with van der Waals surface area (Å²) in [5.74, 6) is 0. The number of halogens is 3. The highest BCUT2D eigenvalue weighted by atomic mass is 35.6.